The molecule has 0 spiro atoms. The molecule has 0 aliphatic carbocycles. The summed E-state index contributed by atoms with van der Waals surface area (Å²) in [6.07, 6.45) is 5.93. The summed E-state index contributed by atoms with van der Waals surface area (Å²) in [5.41, 5.74) is 0. The molecule has 0 atom stereocenters. The highest BCUT2D eigenvalue weighted by atomic mass is 32.2. The zero-order valence-corrected chi connectivity index (χ0v) is 8.73. The van der Waals surface area contributed by atoms with E-state index >= 15 is 0 Å². The van der Waals surface area contributed by atoms with Gasteiger partial charge in [0.15, 0.2) is 9.84 Å². The Kier molecular flexibility index (Phi) is 3.50. The Morgan fingerprint density at radius 2 is 2.00 bits per heavy atom. The van der Waals surface area contributed by atoms with Gasteiger partial charge in [0.1, 0.15) is 4.75 Å². The maximum absolute atomic E-state index is 11.3. The van der Waals surface area contributed by atoms with Crippen LogP contribution in [0.15, 0.2) is 0 Å². The maximum Gasteiger partial charge on any atom is 0.241 e. The van der Waals surface area contributed by atoms with Gasteiger partial charge in [-0.25, -0.2) is 8.42 Å². The van der Waals surface area contributed by atoms with Gasteiger partial charge in [0, 0.05) is 6.26 Å². The first-order valence-corrected chi connectivity index (χ1v) is 5.54. The summed E-state index contributed by atoms with van der Waals surface area (Å²) in [7, 11) is -3.41. The molecule has 0 rings (SSSR count). The van der Waals surface area contributed by atoms with E-state index in [2.05, 4.69) is 11.2 Å². The predicted octanol–water partition coefficient (Wildman–Crippen LogP) is -0.441. The summed E-state index contributed by atoms with van der Waals surface area (Å²) in [5, 5.41) is 2.32. The molecule has 5 heteroatoms. The Morgan fingerprint density at radius 1 is 1.54 bits per heavy atom. The Balaban J connectivity index is 4.68. The minimum absolute atomic E-state index is 0.0395. The zero-order valence-electron chi connectivity index (χ0n) is 7.92. The van der Waals surface area contributed by atoms with Gasteiger partial charge < -0.3 is 5.32 Å². The number of rotatable bonds is 3. The molecule has 0 saturated heterocycles. The van der Waals surface area contributed by atoms with Crippen LogP contribution in [0.5, 0.6) is 0 Å². The van der Waals surface area contributed by atoms with Gasteiger partial charge in [-0.2, -0.15) is 0 Å². The number of sulfone groups is 1. The molecule has 0 aromatic heterocycles. The van der Waals surface area contributed by atoms with E-state index in [1.807, 2.05) is 0 Å². The third-order valence-corrected chi connectivity index (χ3v) is 3.86. The molecular formula is C8H13NO3S. The Hall–Kier alpha value is -1.02. The third kappa shape index (κ3) is 2.74. The van der Waals surface area contributed by atoms with Crippen molar-refractivity contribution in [3.05, 3.63) is 0 Å². The van der Waals surface area contributed by atoms with Crippen molar-refractivity contribution < 1.29 is 13.2 Å². The molecule has 0 unspecified atom stereocenters. The zero-order chi connectivity index (χ0) is 10.7. The van der Waals surface area contributed by atoms with E-state index in [-0.39, 0.29) is 6.54 Å². The fourth-order valence-electron chi connectivity index (χ4n) is 0.513. The lowest BCUT2D eigenvalue weighted by Crippen LogP contribution is -2.47. The summed E-state index contributed by atoms with van der Waals surface area (Å²) < 4.78 is 20.9. The number of carbonyl (C=O) groups excluding carboxylic acids is 1. The molecule has 13 heavy (non-hydrogen) atoms. The van der Waals surface area contributed by atoms with Gasteiger partial charge in [0.05, 0.1) is 6.54 Å². The van der Waals surface area contributed by atoms with E-state index in [0.717, 1.165) is 6.26 Å². The normalized spacial score (nSPS) is 11.8. The van der Waals surface area contributed by atoms with Gasteiger partial charge in [-0.15, -0.1) is 6.42 Å². The van der Waals surface area contributed by atoms with E-state index in [1.165, 1.54) is 13.8 Å². The number of amides is 1. The molecule has 0 aromatic carbocycles. The molecule has 1 N–H and O–H groups in total. The van der Waals surface area contributed by atoms with Gasteiger partial charge in [-0.05, 0) is 13.8 Å². The summed E-state index contributed by atoms with van der Waals surface area (Å²) in [5.74, 6) is 1.62. The summed E-state index contributed by atoms with van der Waals surface area (Å²) in [6.45, 7) is 2.72. The first kappa shape index (κ1) is 12.0. The van der Waals surface area contributed by atoms with Crippen molar-refractivity contribution in [3.63, 3.8) is 0 Å². The van der Waals surface area contributed by atoms with Crippen LogP contribution in [0.3, 0.4) is 0 Å². The van der Waals surface area contributed by atoms with Gasteiger partial charge >= 0.3 is 0 Å². The van der Waals surface area contributed by atoms with Crippen LogP contribution in [0.2, 0.25) is 0 Å². The fourth-order valence-corrected chi connectivity index (χ4v) is 0.921. The summed E-state index contributed by atoms with van der Waals surface area (Å²) in [6, 6.07) is 0. The van der Waals surface area contributed by atoms with Crippen LogP contribution in [0.1, 0.15) is 13.8 Å². The van der Waals surface area contributed by atoms with Crippen LogP contribution >= 0.6 is 0 Å². The molecular weight excluding hydrogens is 190 g/mol. The molecule has 0 fully saturated rings. The van der Waals surface area contributed by atoms with Gasteiger partial charge in [-0.1, -0.05) is 5.92 Å². The predicted molar refractivity (Wildman–Crippen MR) is 50.8 cm³/mol. The van der Waals surface area contributed by atoms with E-state index in [9.17, 15) is 13.2 Å². The van der Waals surface area contributed by atoms with Crippen molar-refractivity contribution in [2.75, 3.05) is 12.8 Å². The van der Waals surface area contributed by atoms with Gasteiger partial charge in [0.25, 0.3) is 0 Å². The smallest absolute Gasteiger partial charge is 0.241 e. The average Bonchev–Trinajstić information content (AvgIpc) is 1.97. The van der Waals surface area contributed by atoms with Crippen LogP contribution in [-0.4, -0.2) is 31.9 Å². The lowest BCUT2D eigenvalue weighted by Gasteiger charge is -2.20. The standard InChI is InChI=1S/C8H13NO3S/c1-5-6-9-7(10)8(2,3)13(4,11)12/h1H,6H2,2-4H3,(H,9,10). The second kappa shape index (κ2) is 3.79. The van der Waals surface area contributed by atoms with E-state index < -0.39 is 20.5 Å². The van der Waals surface area contributed by atoms with Crippen molar-refractivity contribution in [2.45, 2.75) is 18.6 Å². The van der Waals surface area contributed by atoms with Crippen LogP contribution < -0.4 is 5.32 Å². The SMILES string of the molecule is C#CCNC(=O)C(C)(C)S(C)(=O)=O. The van der Waals surface area contributed by atoms with E-state index in [1.54, 1.807) is 0 Å². The van der Waals surface area contributed by atoms with Crippen LogP contribution in [-0.2, 0) is 14.6 Å². The minimum Gasteiger partial charge on any atom is -0.344 e. The van der Waals surface area contributed by atoms with Crippen molar-refractivity contribution in [2.24, 2.45) is 0 Å². The van der Waals surface area contributed by atoms with E-state index in [0.29, 0.717) is 0 Å². The lowest BCUT2D eigenvalue weighted by molar-refractivity contribution is -0.122. The van der Waals surface area contributed by atoms with Crippen LogP contribution in [0.4, 0.5) is 0 Å². The molecule has 0 bridgehead atoms. The summed E-state index contributed by atoms with van der Waals surface area (Å²) in [4.78, 5) is 11.3. The van der Waals surface area contributed by atoms with Crippen molar-refractivity contribution >= 4 is 15.7 Å². The quantitative estimate of drug-likeness (QED) is 0.632. The van der Waals surface area contributed by atoms with Crippen molar-refractivity contribution in [1.82, 2.24) is 5.32 Å². The number of nitrogens with one attached hydrogen (secondary N) is 1. The molecule has 0 aliphatic rings. The summed E-state index contributed by atoms with van der Waals surface area (Å²) >= 11 is 0. The third-order valence-electron chi connectivity index (χ3n) is 1.82. The lowest BCUT2D eigenvalue weighted by atomic mass is 10.2. The first-order valence-electron chi connectivity index (χ1n) is 3.65. The second-order valence-electron chi connectivity index (χ2n) is 3.17. The van der Waals surface area contributed by atoms with Crippen LogP contribution in [0, 0.1) is 12.3 Å². The van der Waals surface area contributed by atoms with Gasteiger partial charge in [-0.3, -0.25) is 4.79 Å². The Bertz CT molecular complexity index is 335. The number of hydrogen-bond acceptors (Lipinski definition) is 3. The number of hydrogen-bond donors (Lipinski definition) is 1. The Labute approximate surface area is 78.6 Å². The Morgan fingerprint density at radius 3 is 2.31 bits per heavy atom. The highest BCUT2D eigenvalue weighted by molar-refractivity contribution is 7.92. The molecule has 0 aromatic rings. The van der Waals surface area contributed by atoms with E-state index in [4.69, 9.17) is 6.42 Å². The molecule has 0 aliphatic heterocycles. The monoisotopic (exact) mass is 203 g/mol. The fraction of sp³-hybridized carbons (Fsp3) is 0.625. The van der Waals surface area contributed by atoms with Gasteiger partial charge in [0.2, 0.25) is 5.91 Å². The van der Waals surface area contributed by atoms with Crippen molar-refractivity contribution in [3.8, 4) is 12.3 Å². The van der Waals surface area contributed by atoms with Crippen LogP contribution in [0.25, 0.3) is 0 Å². The number of terminal acetylenes is 1. The topological polar surface area (TPSA) is 63.2 Å². The van der Waals surface area contributed by atoms with Crippen molar-refractivity contribution in [1.29, 1.82) is 0 Å². The molecule has 74 valence electrons. The second-order valence-corrected chi connectivity index (χ2v) is 5.73. The molecule has 1 amide bonds. The molecule has 0 radical (unpaired) electrons. The molecule has 4 nitrogen and oxygen atoms in total. The maximum atomic E-state index is 11.3. The molecule has 0 heterocycles. The molecule has 0 saturated carbocycles. The average molecular weight is 203 g/mol. The minimum atomic E-state index is -3.41. The highest BCUT2D eigenvalue weighted by Gasteiger charge is 2.37. The number of carbonyl (C=O) groups is 1. The largest absolute Gasteiger partial charge is 0.344 e. The first-order chi connectivity index (χ1) is 5.73. The highest BCUT2D eigenvalue weighted by Crippen LogP contribution is 2.14.